The third kappa shape index (κ3) is 5.12. The van der Waals surface area contributed by atoms with Crippen LogP contribution in [0.25, 0.3) is 0 Å². The number of aryl methyl sites for hydroxylation is 1. The van der Waals surface area contributed by atoms with Crippen LogP contribution in [0.2, 0.25) is 0 Å². The van der Waals surface area contributed by atoms with E-state index in [0.717, 1.165) is 30.5 Å². The van der Waals surface area contributed by atoms with Crippen molar-refractivity contribution in [1.82, 2.24) is 10.3 Å². The van der Waals surface area contributed by atoms with Gasteiger partial charge in [0.2, 0.25) is 0 Å². The Bertz CT molecular complexity index is 300. The molecule has 1 rings (SSSR count). The number of nitrogens with one attached hydrogen (secondary N) is 1. The van der Waals surface area contributed by atoms with E-state index in [-0.39, 0.29) is 0 Å². The molecule has 0 aromatic carbocycles. The maximum atomic E-state index is 5.62. The minimum absolute atomic E-state index is 0.699. The van der Waals surface area contributed by atoms with Gasteiger partial charge in [-0.1, -0.05) is 13.8 Å². The molecule has 0 saturated carbocycles. The first kappa shape index (κ1) is 13.0. The smallest absolute Gasteiger partial charge is 0.140 e. The Balaban J connectivity index is 2.10. The first-order valence-corrected chi connectivity index (χ1v) is 5.95. The summed E-state index contributed by atoms with van der Waals surface area (Å²) < 4.78 is 5.62. The molecule has 0 unspecified atom stereocenters. The molecule has 0 spiro atoms. The first-order chi connectivity index (χ1) is 7.70. The molecular formula is C13H22N2O. The van der Waals surface area contributed by atoms with Crippen LogP contribution in [-0.2, 0) is 0 Å². The highest BCUT2D eigenvalue weighted by atomic mass is 16.5. The van der Waals surface area contributed by atoms with Crippen molar-refractivity contribution in [2.75, 3.05) is 19.7 Å². The van der Waals surface area contributed by atoms with Gasteiger partial charge in [0.05, 0.1) is 5.69 Å². The molecule has 0 bridgehead atoms. The number of aromatic nitrogens is 1. The molecule has 0 saturated heterocycles. The van der Waals surface area contributed by atoms with Gasteiger partial charge in [-0.05, 0) is 37.9 Å². The van der Waals surface area contributed by atoms with Gasteiger partial charge in [0.15, 0.2) is 0 Å². The van der Waals surface area contributed by atoms with Crippen molar-refractivity contribution in [3.8, 4) is 5.75 Å². The molecule has 0 atom stereocenters. The van der Waals surface area contributed by atoms with Crippen LogP contribution in [-0.4, -0.2) is 24.7 Å². The molecule has 16 heavy (non-hydrogen) atoms. The van der Waals surface area contributed by atoms with Crippen molar-refractivity contribution in [1.29, 1.82) is 0 Å². The first-order valence-electron chi connectivity index (χ1n) is 5.95. The molecule has 1 aromatic rings. The van der Waals surface area contributed by atoms with Crippen LogP contribution >= 0.6 is 0 Å². The fraction of sp³-hybridized carbons (Fsp3) is 0.615. The number of nitrogens with zero attached hydrogens (tertiary/aromatic N) is 1. The Labute approximate surface area is 98.2 Å². The normalized spacial score (nSPS) is 10.8. The second-order valence-corrected chi connectivity index (χ2v) is 4.37. The van der Waals surface area contributed by atoms with E-state index in [0.29, 0.717) is 6.61 Å². The number of rotatable bonds is 7. The second kappa shape index (κ2) is 7.23. The highest BCUT2D eigenvalue weighted by molar-refractivity contribution is 5.25. The molecule has 1 aromatic heterocycles. The van der Waals surface area contributed by atoms with Gasteiger partial charge in [0, 0.05) is 12.7 Å². The molecule has 0 amide bonds. The summed E-state index contributed by atoms with van der Waals surface area (Å²) in [6, 6.07) is 3.85. The zero-order chi connectivity index (χ0) is 11.8. The Morgan fingerprint density at radius 2 is 2.19 bits per heavy atom. The number of ether oxygens (including phenoxy) is 1. The van der Waals surface area contributed by atoms with Crippen LogP contribution in [0.15, 0.2) is 18.3 Å². The van der Waals surface area contributed by atoms with E-state index in [1.807, 2.05) is 19.1 Å². The maximum absolute atomic E-state index is 5.62. The summed E-state index contributed by atoms with van der Waals surface area (Å²) in [5, 5.41) is 3.36. The molecule has 1 heterocycles. The quantitative estimate of drug-likeness (QED) is 0.719. The van der Waals surface area contributed by atoms with Gasteiger partial charge in [-0.3, -0.25) is 4.98 Å². The van der Waals surface area contributed by atoms with Crippen LogP contribution < -0.4 is 10.1 Å². The van der Waals surface area contributed by atoms with Crippen molar-refractivity contribution in [2.45, 2.75) is 27.2 Å². The zero-order valence-electron chi connectivity index (χ0n) is 10.5. The average Bonchev–Trinajstić information content (AvgIpc) is 2.25. The van der Waals surface area contributed by atoms with Gasteiger partial charge < -0.3 is 10.1 Å². The molecule has 0 aliphatic heterocycles. The summed E-state index contributed by atoms with van der Waals surface area (Å²) in [6.45, 7) is 9.08. The largest absolute Gasteiger partial charge is 0.490 e. The molecular weight excluding hydrogens is 200 g/mol. The van der Waals surface area contributed by atoms with E-state index in [1.54, 1.807) is 6.20 Å². The van der Waals surface area contributed by atoms with Gasteiger partial charge in [0.25, 0.3) is 0 Å². The molecule has 90 valence electrons. The van der Waals surface area contributed by atoms with E-state index in [2.05, 4.69) is 24.1 Å². The highest BCUT2D eigenvalue weighted by Gasteiger charge is 1.98. The topological polar surface area (TPSA) is 34.1 Å². The third-order valence-electron chi connectivity index (χ3n) is 2.39. The van der Waals surface area contributed by atoms with Crippen LogP contribution in [0, 0.1) is 12.8 Å². The average molecular weight is 222 g/mol. The highest BCUT2D eigenvalue weighted by Crippen LogP contribution is 2.12. The maximum Gasteiger partial charge on any atom is 0.140 e. The van der Waals surface area contributed by atoms with Crippen molar-refractivity contribution in [2.24, 2.45) is 5.92 Å². The monoisotopic (exact) mass is 222 g/mol. The molecule has 0 fully saturated rings. The predicted octanol–water partition coefficient (Wildman–Crippen LogP) is 2.40. The molecule has 1 N–H and O–H groups in total. The molecule has 0 radical (unpaired) electrons. The van der Waals surface area contributed by atoms with Crippen LogP contribution in [0.5, 0.6) is 5.75 Å². The minimum Gasteiger partial charge on any atom is -0.490 e. The van der Waals surface area contributed by atoms with E-state index < -0.39 is 0 Å². The summed E-state index contributed by atoms with van der Waals surface area (Å²) >= 11 is 0. The minimum atomic E-state index is 0.699. The second-order valence-electron chi connectivity index (χ2n) is 4.37. The summed E-state index contributed by atoms with van der Waals surface area (Å²) in [5.41, 5.74) is 0.949. The summed E-state index contributed by atoms with van der Waals surface area (Å²) in [7, 11) is 0. The van der Waals surface area contributed by atoms with Crippen molar-refractivity contribution >= 4 is 0 Å². The molecule has 3 heteroatoms. The van der Waals surface area contributed by atoms with Crippen LogP contribution in [0.3, 0.4) is 0 Å². The lowest BCUT2D eigenvalue weighted by Crippen LogP contribution is -2.23. The Kier molecular flexibility index (Phi) is 5.86. The van der Waals surface area contributed by atoms with Crippen molar-refractivity contribution in [3.63, 3.8) is 0 Å². The van der Waals surface area contributed by atoms with Gasteiger partial charge >= 0.3 is 0 Å². The zero-order valence-corrected chi connectivity index (χ0v) is 10.5. The Morgan fingerprint density at radius 3 is 2.88 bits per heavy atom. The van der Waals surface area contributed by atoms with Crippen molar-refractivity contribution in [3.05, 3.63) is 24.0 Å². The predicted molar refractivity (Wildman–Crippen MR) is 66.8 cm³/mol. The molecule has 3 nitrogen and oxygen atoms in total. The Morgan fingerprint density at radius 1 is 1.38 bits per heavy atom. The number of hydrogen-bond acceptors (Lipinski definition) is 3. The lowest BCUT2D eigenvalue weighted by atomic mass is 10.1. The lowest BCUT2D eigenvalue weighted by Gasteiger charge is -2.09. The van der Waals surface area contributed by atoms with E-state index in [9.17, 15) is 0 Å². The van der Waals surface area contributed by atoms with Crippen LogP contribution in [0.1, 0.15) is 26.0 Å². The fourth-order valence-corrected chi connectivity index (χ4v) is 1.37. The number of pyridine rings is 1. The Hall–Kier alpha value is -1.09. The van der Waals surface area contributed by atoms with Crippen molar-refractivity contribution < 1.29 is 4.74 Å². The number of hydrogen-bond donors (Lipinski definition) is 1. The van der Waals surface area contributed by atoms with Gasteiger partial charge in [-0.2, -0.15) is 0 Å². The molecule has 0 aliphatic rings. The van der Waals surface area contributed by atoms with Gasteiger partial charge in [-0.15, -0.1) is 0 Å². The summed E-state index contributed by atoms with van der Waals surface area (Å²) in [4.78, 5) is 4.17. The van der Waals surface area contributed by atoms with E-state index >= 15 is 0 Å². The van der Waals surface area contributed by atoms with E-state index in [4.69, 9.17) is 4.74 Å². The third-order valence-corrected chi connectivity index (χ3v) is 2.39. The van der Waals surface area contributed by atoms with E-state index in [1.165, 1.54) is 6.42 Å². The summed E-state index contributed by atoms with van der Waals surface area (Å²) in [5.74, 6) is 1.64. The summed E-state index contributed by atoms with van der Waals surface area (Å²) in [6.07, 6.45) is 3.00. The molecule has 0 aliphatic carbocycles. The van der Waals surface area contributed by atoms with Gasteiger partial charge in [0.1, 0.15) is 12.4 Å². The van der Waals surface area contributed by atoms with Gasteiger partial charge in [-0.25, -0.2) is 0 Å². The fourth-order valence-electron chi connectivity index (χ4n) is 1.37. The van der Waals surface area contributed by atoms with Crippen LogP contribution in [0.4, 0.5) is 0 Å². The SMILES string of the molecule is Cc1ncccc1OCCNCCC(C)C. The lowest BCUT2D eigenvalue weighted by molar-refractivity contribution is 0.309. The standard InChI is InChI=1S/C13H22N2O/c1-11(2)6-8-14-9-10-16-13-5-4-7-15-12(13)3/h4-5,7,11,14H,6,8-10H2,1-3H3.